The molecule has 0 fully saturated rings. The van der Waals surface area contributed by atoms with Gasteiger partial charge in [-0.2, -0.15) is 0 Å². The minimum atomic E-state index is 0.684. The van der Waals surface area contributed by atoms with Gasteiger partial charge in [0, 0.05) is 7.05 Å². The van der Waals surface area contributed by atoms with E-state index in [2.05, 4.69) is 0 Å². The lowest BCUT2D eigenvalue weighted by Crippen LogP contribution is -2.28. The third-order valence-corrected chi connectivity index (χ3v) is 0.686. The van der Waals surface area contributed by atoms with E-state index < -0.39 is 0 Å². The molecule has 0 radical (unpaired) electrons. The summed E-state index contributed by atoms with van der Waals surface area (Å²) in [5, 5.41) is 0. The van der Waals surface area contributed by atoms with E-state index in [0.29, 0.717) is 6.67 Å². The first-order chi connectivity index (χ1) is 3.66. The van der Waals surface area contributed by atoms with Crippen LogP contribution in [0.5, 0.6) is 0 Å². The Bertz CT molecular complexity index is 72.8. The molecule has 0 atom stereocenters. The molecule has 0 aliphatic carbocycles. The smallest absolute Gasteiger partial charge is 0.210 e. The van der Waals surface area contributed by atoms with E-state index in [1.165, 1.54) is 0 Å². The summed E-state index contributed by atoms with van der Waals surface area (Å²) in [5.41, 5.74) is 0. The molecule has 3 nitrogen and oxygen atoms in total. The lowest BCUT2D eigenvalue weighted by molar-refractivity contribution is -0.118. The molecule has 0 aromatic carbocycles. The maximum absolute atomic E-state index is 9.94. The molecule has 0 saturated carbocycles. The van der Waals surface area contributed by atoms with Gasteiger partial charge in [-0.25, -0.2) is 0 Å². The van der Waals surface area contributed by atoms with Crippen molar-refractivity contribution in [3.05, 3.63) is 0 Å². The van der Waals surface area contributed by atoms with E-state index in [1.807, 2.05) is 19.0 Å². The molecule has 0 bridgehead atoms. The van der Waals surface area contributed by atoms with Crippen LogP contribution in [0, 0.1) is 0 Å². The molecule has 0 N–H and O–H groups in total. The number of carbonyl (C=O) groups is 1. The fraction of sp³-hybridized carbons (Fsp3) is 0.800. The summed E-state index contributed by atoms with van der Waals surface area (Å²) in [5.74, 6) is 0. The van der Waals surface area contributed by atoms with Crippen molar-refractivity contribution in [3.8, 4) is 0 Å². The van der Waals surface area contributed by atoms with Crippen molar-refractivity contribution < 1.29 is 4.79 Å². The first-order valence-electron chi connectivity index (χ1n) is 2.47. The Morgan fingerprint density at radius 2 is 1.88 bits per heavy atom. The largest absolute Gasteiger partial charge is 0.335 e. The van der Waals surface area contributed by atoms with E-state index >= 15 is 0 Å². The average Bonchev–Trinajstić information content (AvgIpc) is 1.65. The summed E-state index contributed by atoms with van der Waals surface area (Å²) in [7, 11) is 5.58. The molecular formula is C5H12N2O. The number of hydrogen-bond acceptors (Lipinski definition) is 2. The van der Waals surface area contributed by atoms with Crippen molar-refractivity contribution in [2.75, 3.05) is 27.8 Å². The molecule has 0 saturated heterocycles. The zero-order valence-corrected chi connectivity index (χ0v) is 5.59. The molecule has 0 aromatic rings. The highest BCUT2D eigenvalue weighted by Gasteiger charge is 1.91. The second-order valence-electron chi connectivity index (χ2n) is 2.08. The zero-order valence-electron chi connectivity index (χ0n) is 5.59. The summed E-state index contributed by atoms with van der Waals surface area (Å²) in [4.78, 5) is 13.4. The summed E-state index contributed by atoms with van der Waals surface area (Å²) in [6.07, 6.45) is 0.806. The van der Waals surface area contributed by atoms with Gasteiger partial charge in [-0.05, 0) is 14.1 Å². The van der Waals surface area contributed by atoms with E-state index in [1.54, 1.807) is 11.9 Å². The quantitative estimate of drug-likeness (QED) is 0.370. The normalized spacial score (nSPS) is 9.50. The van der Waals surface area contributed by atoms with Crippen molar-refractivity contribution in [2.45, 2.75) is 0 Å². The Hall–Kier alpha value is -0.570. The van der Waals surface area contributed by atoms with Gasteiger partial charge in [0.25, 0.3) is 0 Å². The molecule has 0 unspecified atom stereocenters. The van der Waals surface area contributed by atoms with Gasteiger partial charge in [0.15, 0.2) is 0 Å². The lowest BCUT2D eigenvalue weighted by Gasteiger charge is -2.15. The van der Waals surface area contributed by atoms with Crippen LogP contribution >= 0.6 is 0 Å². The van der Waals surface area contributed by atoms with Gasteiger partial charge in [-0.15, -0.1) is 0 Å². The van der Waals surface area contributed by atoms with Crippen molar-refractivity contribution >= 4 is 6.41 Å². The lowest BCUT2D eigenvalue weighted by atomic mass is 10.8. The fourth-order valence-electron chi connectivity index (χ4n) is 0.479. The van der Waals surface area contributed by atoms with E-state index in [9.17, 15) is 4.79 Å². The van der Waals surface area contributed by atoms with Gasteiger partial charge < -0.3 is 4.90 Å². The van der Waals surface area contributed by atoms with Gasteiger partial charge in [0.2, 0.25) is 6.41 Å². The Morgan fingerprint density at radius 1 is 1.38 bits per heavy atom. The van der Waals surface area contributed by atoms with Crippen LogP contribution in [0.1, 0.15) is 0 Å². The molecule has 1 amide bonds. The summed E-state index contributed by atoms with van der Waals surface area (Å²) < 4.78 is 0. The summed E-state index contributed by atoms with van der Waals surface area (Å²) in [6, 6.07) is 0. The number of nitrogens with zero attached hydrogens (tertiary/aromatic N) is 2. The molecule has 8 heavy (non-hydrogen) atoms. The van der Waals surface area contributed by atoms with Crippen molar-refractivity contribution in [3.63, 3.8) is 0 Å². The third kappa shape index (κ3) is 3.61. The molecule has 3 heteroatoms. The maximum Gasteiger partial charge on any atom is 0.210 e. The Morgan fingerprint density at radius 3 is 2.00 bits per heavy atom. The molecule has 0 spiro atoms. The summed E-state index contributed by atoms with van der Waals surface area (Å²) in [6.45, 7) is 0.684. The van der Waals surface area contributed by atoms with Gasteiger partial charge in [-0.3, -0.25) is 9.69 Å². The van der Waals surface area contributed by atoms with Crippen molar-refractivity contribution in [1.29, 1.82) is 0 Å². The van der Waals surface area contributed by atoms with E-state index in [0.717, 1.165) is 6.41 Å². The zero-order chi connectivity index (χ0) is 6.57. The third-order valence-electron chi connectivity index (χ3n) is 0.686. The van der Waals surface area contributed by atoms with Crippen molar-refractivity contribution in [1.82, 2.24) is 9.80 Å². The van der Waals surface area contributed by atoms with E-state index in [-0.39, 0.29) is 0 Å². The van der Waals surface area contributed by atoms with Crippen LogP contribution in [0.3, 0.4) is 0 Å². The monoisotopic (exact) mass is 116 g/mol. The second-order valence-corrected chi connectivity index (χ2v) is 2.08. The predicted octanol–water partition coefficient (Wildman–Crippen LogP) is -0.406. The highest BCUT2D eigenvalue weighted by Crippen LogP contribution is 1.76. The first kappa shape index (κ1) is 7.43. The Labute approximate surface area is 49.9 Å². The second kappa shape index (κ2) is 3.43. The predicted molar refractivity (Wildman–Crippen MR) is 32.4 cm³/mol. The first-order valence-corrected chi connectivity index (χ1v) is 2.47. The Kier molecular flexibility index (Phi) is 3.19. The maximum atomic E-state index is 9.94. The van der Waals surface area contributed by atoms with Gasteiger partial charge in [0.05, 0.1) is 6.67 Å². The molecule has 0 aliphatic heterocycles. The van der Waals surface area contributed by atoms with Crippen LogP contribution in [-0.2, 0) is 4.79 Å². The highest BCUT2D eigenvalue weighted by atomic mass is 16.1. The average molecular weight is 116 g/mol. The molecule has 0 rings (SSSR count). The van der Waals surface area contributed by atoms with Crippen LogP contribution in [0.4, 0.5) is 0 Å². The van der Waals surface area contributed by atoms with Crippen LogP contribution in [0.2, 0.25) is 0 Å². The van der Waals surface area contributed by atoms with Crippen LogP contribution in [-0.4, -0.2) is 44.0 Å². The topological polar surface area (TPSA) is 23.6 Å². The van der Waals surface area contributed by atoms with Crippen molar-refractivity contribution in [2.24, 2.45) is 0 Å². The van der Waals surface area contributed by atoms with Crippen LogP contribution < -0.4 is 0 Å². The number of amides is 1. The Balaban J connectivity index is 3.23. The number of rotatable bonds is 3. The highest BCUT2D eigenvalue weighted by molar-refractivity contribution is 5.45. The van der Waals surface area contributed by atoms with E-state index in [4.69, 9.17) is 0 Å². The SMILES string of the molecule is CN(C)CN(C)C=O. The molecule has 48 valence electrons. The molecular weight excluding hydrogens is 104 g/mol. The van der Waals surface area contributed by atoms with Gasteiger partial charge in [-0.1, -0.05) is 0 Å². The van der Waals surface area contributed by atoms with Crippen LogP contribution in [0.15, 0.2) is 0 Å². The molecule has 0 heterocycles. The fourth-order valence-corrected chi connectivity index (χ4v) is 0.479. The summed E-state index contributed by atoms with van der Waals surface area (Å²) >= 11 is 0. The number of carbonyl (C=O) groups excluding carboxylic acids is 1. The number of hydrogen-bond donors (Lipinski definition) is 0. The molecule has 0 aliphatic rings. The van der Waals surface area contributed by atoms with Crippen LogP contribution in [0.25, 0.3) is 0 Å². The minimum absolute atomic E-state index is 0.684. The standard InChI is InChI=1S/C5H12N2O/c1-6(2)4-7(3)5-8/h5H,4H2,1-3H3. The minimum Gasteiger partial charge on any atom is -0.335 e. The van der Waals surface area contributed by atoms with Gasteiger partial charge >= 0.3 is 0 Å². The molecule has 0 aromatic heterocycles. The van der Waals surface area contributed by atoms with Gasteiger partial charge in [0.1, 0.15) is 0 Å².